The molecule has 2 amide bonds. The van der Waals surface area contributed by atoms with Crippen LogP contribution in [0.1, 0.15) is 25.8 Å². The van der Waals surface area contributed by atoms with Crippen LogP contribution in [0.4, 0.5) is 4.39 Å². The van der Waals surface area contributed by atoms with Gasteiger partial charge in [-0.15, -0.1) is 0 Å². The summed E-state index contributed by atoms with van der Waals surface area (Å²) >= 11 is 0. The van der Waals surface area contributed by atoms with Gasteiger partial charge in [0.2, 0.25) is 11.8 Å². The van der Waals surface area contributed by atoms with E-state index in [0.717, 1.165) is 0 Å². The summed E-state index contributed by atoms with van der Waals surface area (Å²) in [7, 11) is 0. The number of carbonyl (C=O) groups excluding carboxylic acids is 2. The minimum Gasteiger partial charge on any atom is -0.355 e. The predicted molar refractivity (Wildman–Crippen MR) is 71.0 cm³/mol. The number of benzene rings is 1. The van der Waals surface area contributed by atoms with E-state index in [9.17, 15) is 14.0 Å². The number of carbonyl (C=O) groups is 2. The zero-order chi connectivity index (χ0) is 14.3. The molecule has 0 unspecified atom stereocenters. The van der Waals surface area contributed by atoms with Gasteiger partial charge in [0, 0.05) is 13.0 Å². The molecule has 19 heavy (non-hydrogen) atoms. The van der Waals surface area contributed by atoms with E-state index in [1.54, 1.807) is 25.1 Å². The van der Waals surface area contributed by atoms with E-state index in [2.05, 4.69) is 10.6 Å². The first kappa shape index (κ1) is 15.1. The summed E-state index contributed by atoms with van der Waals surface area (Å²) < 4.78 is 13.3. The molecular weight excluding hydrogens is 247 g/mol. The van der Waals surface area contributed by atoms with Gasteiger partial charge in [-0.25, -0.2) is 4.39 Å². The Labute approximate surface area is 112 Å². The minimum atomic E-state index is -0.576. The topological polar surface area (TPSA) is 58.2 Å². The van der Waals surface area contributed by atoms with Gasteiger partial charge in [-0.2, -0.15) is 0 Å². The fraction of sp³-hybridized carbons (Fsp3) is 0.429. The molecule has 0 spiro atoms. The zero-order valence-electron chi connectivity index (χ0n) is 11.2. The molecule has 0 heterocycles. The number of nitrogens with one attached hydrogen (secondary N) is 2. The third-order valence-corrected chi connectivity index (χ3v) is 2.70. The second kappa shape index (κ2) is 7.51. The first-order valence-corrected chi connectivity index (χ1v) is 6.35. The maximum atomic E-state index is 13.3. The Morgan fingerprint density at radius 1 is 1.32 bits per heavy atom. The summed E-state index contributed by atoms with van der Waals surface area (Å²) in [5, 5.41) is 5.20. The molecule has 2 N–H and O–H groups in total. The number of aryl methyl sites for hydroxylation is 1. The minimum absolute atomic E-state index is 0.157. The highest BCUT2D eigenvalue weighted by atomic mass is 19.1. The van der Waals surface area contributed by atoms with Crippen molar-refractivity contribution >= 4 is 11.8 Å². The van der Waals surface area contributed by atoms with E-state index in [1.165, 1.54) is 6.07 Å². The summed E-state index contributed by atoms with van der Waals surface area (Å²) in [5.74, 6) is -0.796. The average Bonchev–Trinajstić information content (AvgIpc) is 2.38. The molecule has 5 heteroatoms. The molecule has 1 aromatic rings. The van der Waals surface area contributed by atoms with E-state index >= 15 is 0 Å². The van der Waals surface area contributed by atoms with E-state index in [4.69, 9.17) is 0 Å². The van der Waals surface area contributed by atoms with Gasteiger partial charge in [0.05, 0.1) is 0 Å². The van der Waals surface area contributed by atoms with Gasteiger partial charge in [0.15, 0.2) is 0 Å². The van der Waals surface area contributed by atoms with Crippen molar-refractivity contribution in [2.24, 2.45) is 0 Å². The normalized spacial score (nSPS) is 11.7. The number of halogens is 1. The lowest BCUT2D eigenvalue weighted by Crippen LogP contribution is -2.44. The summed E-state index contributed by atoms with van der Waals surface area (Å²) in [5.41, 5.74) is 0.503. The average molecular weight is 266 g/mol. The van der Waals surface area contributed by atoms with Crippen molar-refractivity contribution in [1.29, 1.82) is 0 Å². The Hall–Kier alpha value is -1.91. The SMILES string of the molecule is CCNC(=O)[C@H](C)NC(=O)CCc1ccccc1F. The maximum Gasteiger partial charge on any atom is 0.242 e. The van der Waals surface area contributed by atoms with E-state index in [0.29, 0.717) is 18.5 Å². The van der Waals surface area contributed by atoms with Crippen LogP contribution in [0.25, 0.3) is 0 Å². The van der Waals surface area contributed by atoms with Crippen molar-refractivity contribution in [2.45, 2.75) is 32.7 Å². The molecule has 0 saturated heterocycles. The van der Waals surface area contributed by atoms with E-state index in [-0.39, 0.29) is 24.1 Å². The van der Waals surface area contributed by atoms with Gasteiger partial charge in [0.1, 0.15) is 11.9 Å². The van der Waals surface area contributed by atoms with Crippen molar-refractivity contribution < 1.29 is 14.0 Å². The second-order valence-corrected chi connectivity index (χ2v) is 4.28. The first-order valence-electron chi connectivity index (χ1n) is 6.35. The lowest BCUT2D eigenvalue weighted by Gasteiger charge is -2.13. The fourth-order valence-corrected chi connectivity index (χ4v) is 1.66. The summed E-state index contributed by atoms with van der Waals surface area (Å²) in [6.45, 7) is 3.95. The molecular formula is C14H19FN2O2. The molecule has 0 fully saturated rings. The van der Waals surface area contributed by atoms with Gasteiger partial charge in [-0.05, 0) is 31.9 Å². The van der Waals surface area contributed by atoms with Gasteiger partial charge < -0.3 is 10.6 Å². The number of rotatable bonds is 6. The third kappa shape index (κ3) is 5.07. The van der Waals surface area contributed by atoms with Crippen molar-refractivity contribution in [3.8, 4) is 0 Å². The van der Waals surface area contributed by atoms with Crippen LogP contribution < -0.4 is 10.6 Å². The lowest BCUT2D eigenvalue weighted by atomic mass is 10.1. The monoisotopic (exact) mass is 266 g/mol. The molecule has 1 rings (SSSR count). The summed E-state index contributed by atoms with van der Waals surface area (Å²) in [4.78, 5) is 23.1. The summed E-state index contributed by atoms with van der Waals surface area (Å²) in [6, 6.07) is 5.78. The first-order chi connectivity index (χ1) is 9.04. The van der Waals surface area contributed by atoms with Crippen LogP contribution in [0.2, 0.25) is 0 Å². The molecule has 0 bridgehead atoms. The molecule has 0 aliphatic carbocycles. The van der Waals surface area contributed by atoms with Crippen LogP contribution in [0.15, 0.2) is 24.3 Å². The second-order valence-electron chi connectivity index (χ2n) is 4.28. The largest absolute Gasteiger partial charge is 0.355 e. The highest BCUT2D eigenvalue weighted by Crippen LogP contribution is 2.08. The van der Waals surface area contributed by atoms with Gasteiger partial charge in [-0.3, -0.25) is 9.59 Å². The molecule has 1 atom stereocenters. The van der Waals surface area contributed by atoms with Crippen molar-refractivity contribution in [2.75, 3.05) is 6.54 Å². The molecule has 0 aliphatic heterocycles. The van der Waals surface area contributed by atoms with Crippen LogP contribution in [-0.4, -0.2) is 24.4 Å². The molecule has 4 nitrogen and oxygen atoms in total. The Balaban J connectivity index is 2.40. The number of hydrogen-bond donors (Lipinski definition) is 2. The molecule has 0 aromatic heterocycles. The zero-order valence-corrected chi connectivity index (χ0v) is 11.2. The summed E-state index contributed by atoms with van der Waals surface area (Å²) in [6.07, 6.45) is 0.477. The molecule has 1 aromatic carbocycles. The number of hydrogen-bond acceptors (Lipinski definition) is 2. The highest BCUT2D eigenvalue weighted by Gasteiger charge is 2.14. The lowest BCUT2D eigenvalue weighted by molar-refractivity contribution is -0.128. The molecule has 104 valence electrons. The molecule has 0 radical (unpaired) electrons. The van der Waals surface area contributed by atoms with Crippen LogP contribution in [0.3, 0.4) is 0 Å². The van der Waals surface area contributed by atoms with Gasteiger partial charge in [0.25, 0.3) is 0 Å². The van der Waals surface area contributed by atoms with Crippen LogP contribution in [-0.2, 0) is 16.0 Å². The van der Waals surface area contributed by atoms with Crippen molar-refractivity contribution in [3.05, 3.63) is 35.6 Å². The Morgan fingerprint density at radius 3 is 2.63 bits per heavy atom. The molecule has 0 aliphatic rings. The van der Waals surface area contributed by atoms with Gasteiger partial charge in [-0.1, -0.05) is 18.2 Å². The highest BCUT2D eigenvalue weighted by molar-refractivity contribution is 5.87. The van der Waals surface area contributed by atoms with Crippen molar-refractivity contribution in [3.63, 3.8) is 0 Å². The maximum absolute atomic E-state index is 13.3. The smallest absolute Gasteiger partial charge is 0.242 e. The third-order valence-electron chi connectivity index (χ3n) is 2.70. The van der Waals surface area contributed by atoms with Crippen molar-refractivity contribution in [1.82, 2.24) is 10.6 Å². The standard InChI is InChI=1S/C14H19FN2O2/c1-3-16-14(19)10(2)17-13(18)9-8-11-6-4-5-7-12(11)15/h4-7,10H,3,8-9H2,1-2H3,(H,16,19)(H,17,18)/t10-/m0/s1. The Morgan fingerprint density at radius 2 is 2.00 bits per heavy atom. The van der Waals surface area contributed by atoms with Gasteiger partial charge >= 0.3 is 0 Å². The molecule has 0 saturated carbocycles. The van der Waals surface area contributed by atoms with Crippen LogP contribution in [0.5, 0.6) is 0 Å². The number of amides is 2. The number of likely N-dealkylation sites (N-methyl/N-ethyl adjacent to an activating group) is 1. The Bertz CT molecular complexity index is 449. The quantitative estimate of drug-likeness (QED) is 0.817. The van der Waals surface area contributed by atoms with Crippen LogP contribution in [0, 0.1) is 5.82 Å². The Kier molecular flexibility index (Phi) is 5.99. The fourth-order valence-electron chi connectivity index (χ4n) is 1.66. The van der Waals surface area contributed by atoms with Crippen LogP contribution >= 0.6 is 0 Å². The van der Waals surface area contributed by atoms with E-state index < -0.39 is 6.04 Å². The predicted octanol–water partition coefficient (Wildman–Crippen LogP) is 1.40. The van der Waals surface area contributed by atoms with E-state index in [1.807, 2.05) is 6.92 Å².